The molecule has 0 aliphatic carbocycles. The zero-order valence-electron chi connectivity index (χ0n) is 16.6. The zero-order chi connectivity index (χ0) is 21.5. The molecule has 0 atom stereocenters. The lowest BCUT2D eigenvalue weighted by Crippen LogP contribution is -2.06. The maximum absolute atomic E-state index is 12.5. The van der Waals surface area contributed by atoms with Gasteiger partial charge < -0.3 is 9.47 Å². The van der Waals surface area contributed by atoms with Gasteiger partial charge >= 0.3 is 11.9 Å². The molecule has 156 valence electrons. The van der Waals surface area contributed by atoms with Crippen LogP contribution in [0.2, 0.25) is 0 Å². The molecule has 0 N–H and O–H groups in total. The van der Waals surface area contributed by atoms with E-state index in [4.69, 9.17) is 9.47 Å². The lowest BCUT2D eigenvalue weighted by molar-refractivity contribution is 0.0512. The van der Waals surface area contributed by atoms with Crippen LogP contribution >= 0.6 is 11.3 Å². The van der Waals surface area contributed by atoms with E-state index in [1.54, 1.807) is 22.9 Å². The highest BCUT2D eigenvalue weighted by Crippen LogP contribution is 2.29. The summed E-state index contributed by atoms with van der Waals surface area (Å²) in [7, 11) is 0. The molecular weight excluding hydrogens is 420 g/mol. The van der Waals surface area contributed by atoms with Gasteiger partial charge in [-0.25, -0.2) is 18.6 Å². The van der Waals surface area contributed by atoms with E-state index in [2.05, 4.69) is 20.6 Å². The molecule has 0 saturated heterocycles. The Hall–Kier alpha value is -3.86. The fourth-order valence-corrected chi connectivity index (χ4v) is 4.41. The Balaban J connectivity index is 1.97. The smallest absolute Gasteiger partial charge is 0.362 e. The normalized spacial score (nSPS) is 11.4. The molecule has 11 heteroatoms. The molecule has 0 aliphatic heterocycles. The lowest BCUT2D eigenvalue weighted by Gasteiger charge is -2.01. The van der Waals surface area contributed by atoms with Gasteiger partial charge in [-0.2, -0.15) is 0 Å². The van der Waals surface area contributed by atoms with Gasteiger partial charge in [0.25, 0.3) is 0 Å². The van der Waals surface area contributed by atoms with Crippen molar-refractivity contribution in [2.24, 2.45) is 0 Å². The van der Waals surface area contributed by atoms with Crippen LogP contribution in [0, 0.1) is 0 Å². The van der Waals surface area contributed by atoms with Crippen LogP contribution in [-0.2, 0) is 9.47 Å². The van der Waals surface area contributed by atoms with Gasteiger partial charge in [-0.05, 0) is 36.8 Å². The van der Waals surface area contributed by atoms with Crippen molar-refractivity contribution in [1.82, 2.24) is 29.7 Å². The average Bonchev–Trinajstić information content (AvgIpc) is 3.35. The summed E-state index contributed by atoms with van der Waals surface area (Å²) in [6, 6.07) is 11.7. The molecular formula is C20H16N6O4S. The van der Waals surface area contributed by atoms with Crippen LogP contribution in [0.5, 0.6) is 0 Å². The number of ether oxygens (including phenoxy) is 2. The molecule has 3 heterocycles. The minimum Gasteiger partial charge on any atom is -0.461 e. The Kier molecular flexibility index (Phi) is 4.59. The Labute approximate surface area is 178 Å². The highest BCUT2D eigenvalue weighted by atomic mass is 32.1. The van der Waals surface area contributed by atoms with Crippen LogP contribution < -0.4 is 0 Å². The Morgan fingerprint density at radius 1 is 0.839 bits per heavy atom. The van der Waals surface area contributed by atoms with Gasteiger partial charge in [0.1, 0.15) is 0 Å². The summed E-state index contributed by atoms with van der Waals surface area (Å²) in [5.41, 5.74) is 1.39. The van der Waals surface area contributed by atoms with Crippen molar-refractivity contribution in [1.29, 1.82) is 0 Å². The van der Waals surface area contributed by atoms with Crippen LogP contribution in [0.4, 0.5) is 0 Å². The van der Waals surface area contributed by atoms with Crippen molar-refractivity contribution in [3.8, 4) is 0 Å². The second-order valence-electron chi connectivity index (χ2n) is 6.54. The quantitative estimate of drug-likeness (QED) is 0.395. The van der Waals surface area contributed by atoms with E-state index in [0.29, 0.717) is 20.7 Å². The van der Waals surface area contributed by atoms with Crippen LogP contribution in [0.1, 0.15) is 34.8 Å². The number of carbonyl (C=O) groups excluding carboxylic acids is 2. The third-order valence-electron chi connectivity index (χ3n) is 4.69. The van der Waals surface area contributed by atoms with Crippen molar-refractivity contribution in [2.45, 2.75) is 13.8 Å². The second kappa shape index (κ2) is 7.43. The van der Waals surface area contributed by atoms with Crippen molar-refractivity contribution in [2.75, 3.05) is 13.2 Å². The maximum atomic E-state index is 12.5. The molecule has 0 spiro atoms. The van der Waals surface area contributed by atoms with Gasteiger partial charge in [-0.3, -0.25) is 0 Å². The number of hydrogen-bond donors (Lipinski definition) is 0. The molecule has 0 amide bonds. The summed E-state index contributed by atoms with van der Waals surface area (Å²) in [5.74, 6) is -1.20. The molecule has 10 nitrogen and oxygen atoms in total. The third-order valence-corrected chi connectivity index (χ3v) is 5.81. The molecule has 0 fully saturated rings. The first-order valence-corrected chi connectivity index (χ1v) is 10.4. The summed E-state index contributed by atoms with van der Waals surface area (Å²) >= 11 is 1.12. The molecule has 0 unspecified atom stereocenters. The maximum Gasteiger partial charge on any atom is 0.362 e. The first-order chi connectivity index (χ1) is 15.1. The molecule has 0 bridgehead atoms. The third kappa shape index (κ3) is 3.01. The van der Waals surface area contributed by atoms with Gasteiger partial charge in [0.15, 0.2) is 9.66 Å². The first-order valence-electron chi connectivity index (χ1n) is 9.59. The summed E-state index contributed by atoms with van der Waals surface area (Å²) in [4.78, 5) is 25.8. The Bertz CT molecular complexity index is 1400. The van der Waals surface area contributed by atoms with Gasteiger partial charge in [0, 0.05) is 0 Å². The lowest BCUT2D eigenvalue weighted by atomic mass is 10.1. The number of carbonyl (C=O) groups is 2. The summed E-state index contributed by atoms with van der Waals surface area (Å²) in [6.45, 7) is 3.83. The molecule has 0 aliphatic rings. The molecule has 5 rings (SSSR count). The van der Waals surface area contributed by atoms with Gasteiger partial charge in [-0.1, -0.05) is 46.0 Å². The van der Waals surface area contributed by atoms with E-state index in [1.807, 2.05) is 36.4 Å². The standard InChI is InChI=1S/C20H16N6O4S/c1-3-29-19(27)15-17-25(23-21-15)13-9-11-7-5-6-8-12(11)10-14(13)26-18(31-17)16(22-24-26)20(28)30-4-2/h5-10H,3-4H2,1-2H3. The number of esters is 2. The number of nitrogens with zero attached hydrogens (tertiary/aromatic N) is 6. The molecule has 0 radical (unpaired) electrons. The van der Waals surface area contributed by atoms with E-state index in [-0.39, 0.29) is 24.6 Å². The largest absolute Gasteiger partial charge is 0.461 e. The van der Waals surface area contributed by atoms with E-state index < -0.39 is 11.9 Å². The van der Waals surface area contributed by atoms with Crippen LogP contribution in [0.25, 0.3) is 31.5 Å². The highest BCUT2D eigenvalue weighted by Gasteiger charge is 2.23. The number of fused-ring (bicyclic) bond motifs is 6. The fraction of sp³-hybridized carbons (Fsp3) is 0.200. The Morgan fingerprint density at radius 2 is 1.29 bits per heavy atom. The number of rotatable bonds is 4. The summed E-state index contributed by atoms with van der Waals surface area (Å²) in [5, 5.41) is 18.5. The van der Waals surface area contributed by atoms with Crippen molar-refractivity contribution in [3.05, 3.63) is 47.8 Å². The molecule has 2 aromatic carbocycles. The fourth-order valence-electron chi connectivity index (χ4n) is 3.35. The predicted molar refractivity (Wildman–Crippen MR) is 113 cm³/mol. The van der Waals surface area contributed by atoms with Gasteiger partial charge in [0.05, 0.1) is 24.2 Å². The van der Waals surface area contributed by atoms with E-state index in [1.165, 1.54) is 0 Å². The molecule has 0 saturated carbocycles. The molecule has 31 heavy (non-hydrogen) atoms. The first kappa shape index (κ1) is 19.1. The van der Waals surface area contributed by atoms with Gasteiger partial charge in [-0.15, -0.1) is 10.2 Å². The van der Waals surface area contributed by atoms with Crippen molar-refractivity contribution >= 4 is 54.7 Å². The Morgan fingerprint density at radius 3 is 1.71 bits per heavy atom. The topological polar surface area (TPSA) is 113 Å². The zero-order valence-corrected chi connectivity index (χ0v) is 17.4. The summed E-state index contributed by atoms with van der Waals surface area (Å²) in [6.07, 6.45) is 0. The van der Waals surface area contributed by atoms with Crippen molar-refractivity contribution < 1.29 is 19.1 Å². The van der Waals surface area contributed by atoms with E-state index in [9.17, 15) is 9.59 Å². The minimum absolute atomic E-state index is 0.0513. The average molecular weight is 436 g/mol. The number of hydrogen-bond acceptors (Lipinski definition) is 9. The number of benzene rings is 2. The van der Waals surface area contributed by atoms with E-state index in [0.717, 1.165) is 22.1 Å². The van der Waals surface area contributed by atoms with Crippen LogP contribution in [-0.4, -0.2) is 54.8 Å². The molecule has 3 aromatic heterocycles. The number of aromatic nitrogens is 6. The van der Waals surface area contributed by atoms with Crippen LogP contribution in [0.3, 0.4) is 0 Å². The van der Waals surface area contributed by atoms with Crippen LogP contribution in [0.15, 0.2) is 36.4 Å². The van der Waals surface area contributed by atoms with E-state index >= 15 is 0 Å². The minimum atomic E-state index is -0.600. The van der Waals surface area contributed by atoms with Crippen molar-refractivity contribution in [3.63, 3.8) is 0 Å². The monoisotopic (exact) mass is 436 g/mol. The highest BCUT2D eigenvalue weighted by molar-refractivity contribution is 7.22. The SMILES string of the molecule is CCOC(=O)c1nnn2c1sc1c(C(=O)OCC)nnn1c1cc3ccccc3cc12. The predicted octanol–water partition coefficient (Wildman–Crippen LogP) is 3.06. The summed E-state index contributed by atoms with van der Waals surface area (Å²) < 4.78 is 13.4. The molecule has 5 aromatic rings. The van der Waals surface area contributed by atoms with Gasteiger partial charge in [0.2, 0.25) is 11.4 Å². The second-order valence-corrected chi connectivity index (χ2v) is 7.52.